The van der Waals surface area contributed by atoms with Crippen LogP contribution in [0.25, 0.3) is 105 Å². The van der Waals surface area contributed by atoms with Gasteiger partial charge in [0.05, 0.1) is 5.57 Å². The maximum atomic E-state index is 6.80. The van der Waals surface area contributed by atoms with Crippen LogP contribution >= 0.6 is 0 Å². The van der Waals surface area contributed by atoms with Gasteiger partial charge in [-0.05, 0) is 59.5 Å². The number of allylic oxidation sites excluding steroid dienone is 1. The molecule has 0 aliphatic heterocycles. The summed E-state index contributed by atoms with van der Waals surface area (Å²) in [5.74, 6) is 2.57. The Morgan fingerprint density at radius 1 is 0.436 bits per heavy atom. The minimum atomic E-state index is 0.568. The summed E-state index contributed by atoms with van der Waals surface area (Å²) in [6, 6.07) is 49.8. The summed E-state index contributed by atoms with van der Waals surface area (Å²) >= 11 is 0. The van der Waals surface area contributed by atoms with Gasteiger partial charge in [0.1, 0.15) is 33.7 Å². The van der Waals surface area contributed by atoms with Crippen molar-refractivity contribution in [1.29, 1.82) is 0 Å². The summed E-state index contributed by atoms with van der Waals surface area (Å²) in [7, 11) is 0. The third kappa shape index (κ3) is 4.58. The largest absolute Gasteiger partial charge is 0.456 e. The van der Waals surface area contributed by atoms with E-state index in [1.165, 1.54) is 5.56 Å². The summed E-state index contributed by atoms with van der Waals surface area (Å²) in [4.78, 5) is 15.7. The van der Waals surface area contributed by atoms with Gasteiger partial charge in [0, 0.05) is 49.2 Å². The molecule has 1 aliphatic rings. The highest BCUT2D eigenvalue weighted by Gasteiger charge is 2.26. The fraction of sp³-hybridized carbons (Fsp3) is 0.0408. The van der Waals surface area contributed by atoms with E-state index in [-0.39, 0.29) is 0 Å². The highest BCUT2D eigenvalue weighted by Crippen LogP contribution is 2.44. The van der Waals surface area contributed by atoms with E-state index in [1.54, 1.807) is 0 Å². The third-order valence-electron chi connectivity index (χ3n) is 11.0. The molecule has 0 saturated carbocycles. The van der Waals surface area contributed by atoms with E-state index < -0.39 is 0 Å². The van der Waals surface area contributed by atoms with Crippen molar-refractivity contribution in [2.75, 3.05) is 0 Å². The van der Waals surface area contributed by atoms with Crippen LogP contribution in [0.2, 0.25) is 0 Å². The lowest BCUT2D eigenvalue weighted by atomic mass is 9.95. The van der Waals surface area contributed by atoms with Gasteiger partial charge in [-0.25, -0.2) is 15.0 Å². The number of nitrogens with zero attached hydrogens (tertiary/aromatic N) is 3. The number of fused-ring (bicyclic) bond motifs is 10. The Morgan fingerprint density at radius 3 is 1.96 bits per heavy atom. The lowest BCUT2D eigenvalue weighted by Crippen LogP contribution is -2.06. The van der Waals surface area contributed by atoms with Crippen molar-refractivity contribution in [3.8, 4) is 33.9 Å². The minimum Gasteiger partial charge on any atom is -0.456 e. The molecule has 0 unspecified atom stereocenters. The molecule has 6 nitrogen and oxygen atoms in total. The van der Waals surface area contributed by atoms with Gasteiger partial charge in [0.15, 0.2) is 17.5 Å². The van der Waals surface area contributed by atoms with E-state index in [1.807, 2.05) is 48.5 Å². The molecule has 1 aliphatic carbocycles. The van der Waals surface area contributed by atoms with Crippen molar-refractivity contribution < 1.29 is 13.3 Å². The van der Waals surface area contributed by atoms with Gasteiger partial charge in [-0.1, -0.05) is 121 Å². The van der Waals surface area contributed by atoms with Crippen LogP contribution in [0.3, 0.4) is 0 Å². The number of rotatable bonds is 4. The number of aromatic nitrogens is 3. The molecule has 0 amide bonds. The SMILES string of the molecule is C1=C(c2nc(-c3ccc4ccccc4c3)nc(-c3cccc4oc5c(-c6cccc7oc8ccccc8c67)cccc5c34)n2)c2oc3ccccc3c2CC1. The van der Waals surface area contributed by atoms with Crippen molar-refractivity contribution in [3.05, 3.63) is 169 Å². The van der Waals surface area contributed by atoms with Crippen molar-refractivity contribution in [2.45, 2.75) is 12.8 Å². The molecule has 0 atom stereocenters. The summed E-state index contributed by atoms with van der Waals surface area (Å²) in [5.41, 5.74) is 10.0. The molecule has 0 saturated heterocycles. The number of hydrogen-bond donors (Lipinski definition) is 0. The molecule has 11 aromatic rings. The monoisotopic (exact) mass is 707 g/mol. The molecule has 0 spiro atoms. The molecule has 4 heterocycles. The van der Waals surface area contributed by atoms with Crippen molar-refractivity contribution >= 4 is 71.2 Å². The van der Waals surface area contributed by atoms with Gasteiger partial charge in [-0.15, -0.1) is 0 Å². The lowest BCUT2D eigenvalue weighted by Gasteiger charge is -2.14. The zero-order valence-corrected chi connectivity index (χ0v) is 29.4. The van der Waals surface area contributed by atoms with Crippen LogP contribution in [0.4, 0.5) is 0 Å². The second-order valence-corrected chi connectivity index (χ2v) is 14.2. The summed E-state index contributed by atoms with van der Waals surface area (Å²) in [6.45, 7) is 0. The van der Waals surface area contributed by atoms with Gasteiger partial charge < -0.3 is 13.3 Å². The topological polar surface area (TPSA) is 78.1 Å². The van der Waals surface area contributed by atoms with Crippen LogP contribution < -0.4 is 0 Å². The zero-order chi connectivity index (χ0) is 36.0. The van der Waals surface area contributed by atoms with Crippen molar-refractivity contribution in [1.82, 2.24) is 15.0 Å². The first-order chi connectivity index (χ1) is 27.2. The van der Waals surface area contributed by atoms with Crippen LogP contribution in [0.5, 0.6) is 0 Å². The van der Waals surface area contributed by atoms with Gasteiger partial charge >= 0.3 is 0 Å². The molecule has 258 valence electrons. The molecule has 0 fully saturated rings. The summed E-state index contributed by atoms with van der Waals surface area (Å²) < 4.78 is 19.6. The quantitative estimate of drug-likeness (QED) is 0.181. The van der Waals surface area contributed by atoms with Gasteiger partial charge in [0.25, 0.3) is 0 Å². The van der Waals surface area contributed by atoms with E-state index in [4.69, 9.17) is 28.2 Å². The normalized spacial score (nSPS) is 13.1. The summed E-state index contributed by atoms with van der Waals surface area (Å²) in [5, 5.41) is 7.50. The summed E-state index contributed by atoms with van der Waals surface area (Å²) in [6.07, 6.45) is 3.96. The number of benzene rings is 7. The van der Waals surface area contributed by atoms with Gasteiger partial charge in [-0.3, -0.25) is 0 Å². The number of aryl methyl sites for hydroxylation is 1. The van der Waals surface area contributed by atoms with Crippen LogP contribution in [0.1, 0.15) is 23.6 Å². The first-order valence-electron chi connectivity index (χ1n) is 18.6. The Labute approximate surface area is 314 Å². The van der Waals surface area contributed by atoms with E-state index >= 15 is 0 Å². The fourth-order valence-corrected chi connectivity index (χ4v) is 8.53. The average molecular weight is 708 g/mol. The van der Waals surface area contributed by atoms with Gasteiger partial charge in [0.2, 0.25) is 0 Å². The Kier molecular flexibility index (Phi) is 6.36. The first-order valence-corrected chi connectivity index (χ1v) is 18.6. The Hall–Kier alpha value is -7.31. The van der Waals surface area contributed by atoms with E-state index in [2.05, 4.69) is 103 Å². The molecule has 0 N–H and O–H groups in total. The van der Waals surface area contributed by atoms with E-state index in [9.17, 15) is 0 Å². The Morgan fingerprint density at radius 2 is 1.07 bits per heavy atom. The average Bonchev–Trinajstić information content (AvgIpc) is 3.95. The molecule has 0 bridgehead atoms. The Balaban J connectivity index is 1.10. The lowest BCUT2D eigenvalue weighted by molar-refractivity contribution is 0.590. The molecule has 55 heavy (non-hydrogen) atoms. The Bertz CT molecular complexity index is 3400. The predicted octanol–water partition coefficient (Wildman–Crippen LogP) is 12.9. The second kappa shape index (κ2) is 11.6. The maximum absolute atomic E-state index is 6.80. The molecule has 12 rings (SSSR count). The molecular weight excluding hydrogens is 679 g/mol. The van der Waals surface area contributed by atoms with E-state index in [0.717, 1.165) is 112 Å². The van der Waals surface area contributed by atoms with Gasteiger partial charge in [-0.2, -0.15) is 0 Å². The first kappa shape index (κ1) is 30.2. The highest BCUT2D eigenvalue weighted by molar-refractivity contribution is 6.19. The van der Waals surface area contributed by atoms with Crippen molar-refractivity contribution in [2.24, 2.45) is 0 Å². The number of hydrogen-bond acceptors (Lipinski definition) is 6. The van der Waals surface area contributed by atoms with E-state index in [0.29, 0.717) is 17.5 Å². The van der Waals surface area contributed by atoms with Crippen LogP contribution in [0.15, 0.2) is 165 Å². The molecular formula is C49H29N3O3. The second-order valence-electron chi connectivity index (χ2n) is 14.2. The maximum Gasteiger partial charge on any atom is 0.167 e. The predicted molar refractivity (Wildman–Crippen MR) is 220 cm³/mol. The highest BCUT2D eigenvalue weighted by atomic mass is 16.3. The zero-order valence-electron chi connectivity index (χ0n) is 29.4. The van der Waals surface area contributed by atoms with Crippen LogP contribution in [-0.2, 0) is 6.42 Å². The van der Waals surface area contributed by atoms with Crippen LogP contribution in [-0.4, -0.2) is 15.0 Å². The molecule has 0 radical (unpaired) electrons. The molecule has 4 aromatic heterocycles. The number of para-hydroxylation sites is 3. The smallest absolute Gasteiger partial charge is 0.167 e. The third-order valence-corrected chi connectivity index (χ3v) is 11.0. The van der Waals surface area contributed by atoms with Crippen molar-refractivity contribution in [3.63, 3.8) is 0 Å². The fourth-order valence-electron chi connectivity index (χ4n) is 8.53. The molecule has 7 aromatic carbocycles. The number of furan rings is 3. The molecule has 6 heteroatoms. The van der Waals surface area contributed by atoms with Crippen LogP contribution in [0, 0.1) is 0 Å². The standard InChI is InChI=1S/C49H29N3O3/c1-2-12-29-27-30(26-25-28(29)11-1)47-50-48(52-49(51-47)38-20-8-16-33-31-13-3-5-21-39(31)54-46(33)38)37-19-10-24-42-44(37)36-18-7-17-34(45(36)55-42)32-15-9-23-41-43(32)35-14-4-6-22-40(35)53-41/h1-7,9-15,17-27H,8,16H2. The minimum absolute atomic E-state index is 0.568.